The molecular weight excluding hydrogens is 380 g/mol. The number of aromatic nitrogens is 1. The molecule has 7 nitrogen and oxygen atoms in total. The van der Waals surface area contributed by atoms with E-state index in [2.05, 4.69) is 51.3 Å². The highest BCUT2D eigenvalue weighted by Crippen LogP contribution is 2.23. The summed E-state index contributed by atoms with van der Waals surface area (Å²) in [5, 5.41) is 3.17. The van der Waals surface area contributed by atoms with E-state index in [1.165, 1.54) is 11.1 Å². The zero-order valence-electron chi connectivity index (χ0n) is 17.5. The van der Waals surface area contributed by atoms with Crippen LogP contribution in [0.4, 0.5) is 5.82 Å². The summed E-state index contributed by atoms with van der Waals surface area (Å²) in [4.78, 5) is 22.1. The molecule has 1 atom stereocenters. The van der Waals surface area contributed by atoms with Crippen LogP contribution in [-0.4, -0.2) is 74.9 Å². The summed E-state index contributed by atoms with van der Waals surface area (Å²) < 4.78 is 11.0. The number of pyridine rings is 1. The van der Waals surface area contributed by atoms with Gasteiger partial charge in [0, 0.05) is 38.9 Å². The van der Waals surface area contributed by atoms with E-state index in [9.17, 15) is 4.79 Å². The number of hydrogen-bond donors (Lipinski definition) is 1. The molecule has 4 rings (SSSR count). The van der Waals surface area contributed by atoms with Crippen LogP contribution in [0.2, 0.25) is 0 Å². The molecule has 1 unspecified atom stereocenters. The largest absolute Gasteiger partial charge is 0.379 e. The Bertz CT molecular complexity index is 831. The van der Waals surface area contributed by atoms with Gasteiger partial charge in [0.15, 0.2) is 0 Å². The van der Waals surface area contributed by atoms with Gasteiger partial charge in [0.1, 0.15) is 5.82 Å². The summed E-state index contributed by atoms with van der Waals surface area (Å²) >= 11 is 0. The van der Waals surface area contributed by atoms with Crippen LogP contribution in [0.1, 0.15) is 27.5 Å². The Labute approximate surface area is 178 Å². The first-order chi connectivity index (χ1) is 14.7. The SMILES string of the molecule is Cc1ccc(C(CNC(=O)c2cccnc2N2CCOCC2)N2CCOCC2)cc1. The third-order valence-corrected chi connectivity index (χ3v) is 5.75. The van der Waals surface area contributed by atoms with Gasteiger partial charge in [-0.15, -0.1) is 0 Å². The minimum atomic E-state index is -0.0880. The summed E-state index contributed by atoms with van der Waals surface area (Å²) in [7, 11) is 0. The number of nitrogens with zero attached hydrogens (tertiary/aromatic N) is 3. The molecule has 1 aromatic heterocycles. The number of benzene rings is 1. The molecule has 1 N–H and O–H groups in total. The summed E-state index contributed by atoms with van der Waals surface area (Å²) in [6.45, 7) is 8.60. The van der Waals surface area contributed by atoms with Gasteiger partial charge < -0.3 is 19.7 Å². The fourth-order valence-electron chi connectivity index (χ4n) is 4.02. The lowest BCUT2D eigenvalue weighted by Crippen LogP contribution is -2.44. The number of ether oxygens (including phenoxy) is 2. The molecule has 1 amide bonds. The highest BCUT2D eigenvalue weighted by molar-refractivity contribution is 5.98. The van der Waals surface area contributed by atoms with E-state index in [1.807, 2.05) is 12.1 Å². The quantitative estimate of drug-likeness (QED) is 0.786. The van der Waals surface area contributed by atoms with Crippen LogP contribution >= 0.6 is 0 Å². The Kier molecular flexibility index (Phi) is 6.94. The lowest BCUT2D eigenvalue weighted by molar-refractivity contribution is 0.0162. The maximum Gasteiger partial charge on any atom is 0.255 e. The predicted molar refractivity (Wildman–Crippen MR) is 116 cm³/mol. The van der Waals surface area contributed by atoms with Gasteiger partial charge in [-0.05, 0) is 24.6 Å². The minimum absolute atomic E-state index is 0.0880. The van der Waals surface area contributed by atoms with Crippen LogP contribution in [0.3, 0.4) is 0 Å². The number of carbonyl (C=O) groups is 1. The maximum absolute atomic E-state index is 13.1. The van der Waals surface area contributed by atoms with Crippen molar-refractivity contribution >= 4 is 11.7 Å². The van der Waals surface area contributed by atoms with Gasteiger partial charge in [0.05, 0.1) is 38.0 Å². The summed E-state index contributed by atoms with van der Waals surface area (Å²) in [5.74, 6) is 0.645. The van der Waals surface area contributed by atoms with Crippen molar-refractivity contribution in [3.05, 3.63) is 59.3 Å². The van der Waals surface area contributed by atoms with E-state index in [0.717, 1.165) is 45.2 Å². The summed E-state index contributed by atoms with van der Waals surface area (Å²) in [5.41, 5.74) is 3.06. The van der Waals surface area contributed by atoms with Crippen LogP contribution in [0, 0.1) is 6.92 Å². The van der Waals surface area contributed by atoms with Crippen molar-refractivity contribution in [1.29, 1.82) is 0 Å². The number of amides is 1. The van der Waals surface area contributed by atoms with E-state index >= 15 is 0 Å². The molecule has 0 radical (unpaired) electrons. The van der Waals surface area contributed by atoms with Crippen molar-refractivity contribution in [2.75, 3.05) is 64.1 Å². The molecule has 0 spiro atoms. The molecule has 7 heteroatoms. The van der Waals surface area contributed by atoms with E-state index in [-0.39, 0.29) is 11.9 Å². The Morgan fingerprint density at radius 2 is 1.70 bits per heavy atom. The molecule has 2 saturated heterocycles. The van der Waals surface area contributed by atoms with Crippen molar-refractivity contribution < 1.29 is 14.3 Å². The number of anilines is 1. The molecule has 2 aromatic rings. The fraction of sp³-hybridized carbons (Fsp3) is 0.478. The molecule has 0 aliphatic carbocycles. The van der Waals surface area contributed by atoms with Gasteiger partial charge in [0.2, 0.25) is 0 Å². The highest BCUT2D eigenvalue weighted by Gasteiger charge is 2.25. The van der Waals surface area contributed by atoms with Gasteiger partial charge in [-0.1, -0.05) is 29.8 Å². The smallest absolute Gasteiger partial charge is 0.255 e. The van der Waals surface area contributed by atoms with Gasteiger partial charge in [0.25, 0.3) is 5.91 Å². The minimum Gasteiger partial charge on any atom is -0.379 e. The normalized spacial score (nSPS) is 18.8. The summed E-state index contributed by atoms with van der Waals surface area (Å²) in [6, 6.07) is 12.4. The van der Waals surface area contributed by atoms with Crippen LogP contribution < -0.4 is 10.2 Å². The van der Waals surface area contributed by atoms with Gasteiger partial charge in [-0.3, -0.25) is 9.69 Å². The Morgan fingerprint density at radius 3 is 2.40 bits per heavy atom. The monoisotopic (exact) mass is 410 g/mol. The third kappa shape index (κ3) is 4.98. The van der Waals surface area contributed by atoms with Gasteiger partial charge in [-0.25, -0.2) is 4.98 Å². The number of nitrogens with one attached hydrogen (secondary N) is 1. The lowest BCUT2D eigenvalue weighted by atomic mass is 10.0. The van der Waals surface area contributed by atoms with Crippen molar-refractivity contribution in [3.8, 4) is 0 Å². The zero-order chi connectivity index (χ0) is 20.8. The molecule has 2 aliphatic heterocycles. The summed E-state index contributed by atoms with van der Waals surface area (Å²) in [6.07, 6.45) is 1.74. The second-order valence-corrected chi connectivity index (χ2v) is 7.76. The van der Waals surface area contributed by atoms with E-state index in [0.29, 0.717) is 25.3 Å². The average Bonchev–Trinajstić information content (AvgIpc) is 2.81. The zero-order valence-corrected chi connectivity index (χ0v) is 17.5. The molecule has 3 heterocycles. The Morgan fingerprint density at radius 1 is 1.03 bits per heavy atom. The standard InChI is InChI=1S/C23H30N4O3/c1-18-4-6-19(7-5-18)21(26-9-13-29-14-10-26)17-25-23(28)20-3-2-8-24-22(20)27-11-15-30-16-12-27/h2-8,21H,9-17H2,1H3,(H,25,28). The van der Waals surface area contributed by atoms with Crippen molar-refractivity contribution in [3.63, 3.8) is 0 Å². The molecule has 30 heavy (non-hydrogen) atoms. The molecule has 1 aromatic carbocycles. The number of morpholine rings is 2. The molecule has 0 saturated carbocycles. The maximum atomic E-state index is 13.1. The third-order valence-electron chi connectivity index (χ3n) is 5.75. The highest BCUT2D eigenvalue weighted by atomic mass is 16.5. The van der Waals surface area contributed by atoms with Crippen molar-refractivity contribution in [2.45, 2.75) is 13.0 Å². The first-order valence-electron chi connectivity index (χ1n) is 10.7. The average molecular weight is 411 g/mol. The van der Waals surface area contributed by atoms with Gasteiger partial charge in [-0.2, -0.15) is 0 Å². The second kappa shape index (κ2) is 10.0. The topological polar surface area (TPSA) is 66.9 Å². The first-order valence-corrected chi connectivity index (χ1v) is 10.7. The van der Waals surface area contributed by atoms with E-state index in [4.69, 9.17) is 9.47 Å². The van der Waals surface area contributed by atoms with Crippen LogP contribution in [0.15, 0.2) is 42.6 Å². The predicted octanol–water partition coefficient (Wildman–Crippen LogP) is 2.03. The van der Waals surface area contributed by atoms with Crippen molar-refractivity contribution in [1.82, 2.24) is 15.2 Å². The Balaban J connectivity index is 1.49. The van der Waals surface area contributed by atoms with Gasteiger partial charge >= 0.3 is 0 Å². The van der Waals surface area contributed by atoms with Crippen molar-refractivity contribution in [2.24, 2.45) is 0 Å². The second-order valence-electron chi connectivity index (χ2n) is 7.76. The molecule has 2 aliphatic rings. The van der Waals surface area contributed by atoms with Crippen LogP contribution in [-0.2, 0) is 9.47 Å². The number of rotatable bonds is 6. The number of carbonyl (C=O) groups excluding carboxylic acids is 1. The molecule has 160 valence electrons. The van der Waals surface area contributed by atoms with E-state index in [1.54, 1.807) is 6.20 Å². The fourth-order valence-corrected chi connectivity index (χ4v) is 4.02. The molecule has 2 fully saturated rings. The van der Waals surface area contributed by atoms with Crippen LogP contribution in [0.5, 0.6) is 0 Å². The first kappa shape index (κ1) is 20.8. The lowest BCUT2D eigenvalue weighted by Gasteiger charge is -2.35. The molecular formula is C23H30N4O3. The number of aryl methyl sites for hydroxylation is 1. The molecule has 0 bridgehead atoms. The van der Waals surface area contributed by atoms with Crippen LogP contribution in [0.25, 0.3) is 0 Å². The van der Waals surface area contributed by atoms with E-state index < -0.39 is 0 Å². The number of hydrogen-bond acceptors (Lipinski definition) is 6. The Hall–Kier alpha value is -2.48.